The fraction of sp³-hybridized carbons (Fsp3) is 0. The van der Waals surface area contributed by atoms with E-state index in [9.17, 15) is 0 Å². The second-order valence-corrected chi connectivity index (χ2v) is 0.557. The summed E-state index contributed by atoms with van der Waals surface area (Å²) in [6.45, 7) is 0. The van der Waals surface area contributed by atoms with Crippen molar-refractivity contribution in [3.05, 3.63) is 0 Å². The molecule has 0 amide bonds. The van der Waals surface area contributed by atoms with Crippen molar-refractivity contribution in [3.8, 4) is 0 Å². The molecule has 0 aliphatic carbocycles. The van der Waals surface area contributed by atoms with E-state index >= 15 is 0 Å². The molecule has 0 N–H and O–H groups in total. The maximum atomic E-state index is 8.54. The van der Waals surface area contributed by atoms with Crippen LogP contribution in [-0.4, -0.2) is 0 Å². The van der Waals surface area contributed by atoms with Crippen LogP contribution in [0.15, 0.2) is 0 Å². The molecule has 0 atom stereocenters. The fourth-order valence-corrected chi connectivity index (χ4v) is 0. The van der Waals surface area contributed by atoms with E-state index in [2.05, 4.69) is 0 Å². The van der Waals surface area contributed by atoms with Gasteiger partial charge in [0.1, 0.15) is 0 Å². The molecule has 6 heteroatoms. The molecule has 0 fully saturated rings. The molecule has 0 aliphatic heterocycles. The zero-order chi connectivity index (χ0) is 2.71. The molecule has 0 saturated carbocycles. The molecule has 0 radical (unpaired) electrons. The van der Waals surface area contributed by atoms with Gasteiger partial charge in [-0.05, 0) is 0 Å². The van der Waals surface area contributed by atoms with Gasteiger partial charge in [0.15, 0.2) is 0 Å². The second kappa shape index (κ2) is 35.2. The van der Waals surface area contributed by atoms with Gasteiger partial charge < -0.3 is 0 Å². The molecule has 6 heavy (non-hydrogen) atoms. The summed E-state index contributed by atoms with van der Waals surface area (Å²) in [6, 6.07) is 0. The molecule has 0 unspecified atom stereocenters. The van der Waals surface area contributed by atoms with Gasteiger partial charge in [0.05, 0.1) is 0 Å². The third-order valence-corrected chi connectivity index (χ3v) is 0. The van der Waals surface area contributed by atoms with Crippen LogP contribution in [0, 0.1) is 0 Å². The Morgan fingerprint density at radius 1 is 0.833 bits per heavy atom. The van der Waals surface area contributed by atoms with E-state index in [1.54, 1.807) is 0 Å². The summed E-state index contributed by atoms with van der Waals surface area (Å²) in [7, 11) is 0. The van der Waals surface area contributed by atoms with Crippen molar-refractivity contribution in [3.63, 3.8) is 0 Å². The van der Waals surface area contributed by atoms with Crippen LogP contribution >= 0.6 is 37.2 Å². The summed E-state index contributed by atoms with van der Waals surface area (Å²) >= 11 is -2.25. The minimum absolute atomic E-state index is 0. The normalized spacial score (nSPS) is 2.00. The Labute approximate surface area is 62.4 Å². The first kappa shape index (κ1) is 27.2. The Morgan fingerprint density at radius 2 is 0.833 bits per heavy atom. The first-order valence-corrected chi connectivity index (χ1v) is 2.73. The number of hydrogen-bond acceptors (Lipinski definition) is 2. The summed E-state index contributed by atoms with van der Waals surface area (Å²) in [5.41, 5.74) is 0. The van der Waals surface area contributed by atoms with Gasteiger partial charge in [-0.2, -0.15) is 0 Å². The summed E-state index contributed by atoms with van der Waals surface area (Å²) in [5, 5.41) is 0. The minimum atomic E-state index is -2.25. The van der Waals surface area contributed by atoms with E-state index in [1.807, 2.05) is 0 Å². The molecular weight excluding hydrogens is 322 g/mol. The number of rotatable bonds is 0. The van der Waals surface area contributed by atoms with Crippen LogP contribution < -0.4 is 0 Å². The van der Waals surface area contributed by atoms with Gasteiger partial charge in [0.25, 0.3) is 0 Å². The van der Waals surface area contributed by atoms with Crippen molar-refractivity contribution in [2.45, 2.75) is 0 Å². The summed E-state index contributed by atoms with van der Waals surface area (Å²) < 4.78 is 17.1. The molecule has 2 nitrogen and oxygen atoms in total. The summed E-state index contributed by atoms with van der Waals surface area (Å²) in [5.74, 6) is 0. The number of halogens is 3. The van der Waals surface area contributed by atoms with Gasteiger partial charge in [-0.15, -0.1) is 37.2 Å². The van der Waals surface area contributed by atoms with Crippen molar-refractivity contribution in [2.24, 2.45) is 0 Å². The first-order valence-electron chi connectivity index (χ1n) is 0.333. The molecule has 0 bridgehead atoms. The fourth-order valence-electron chi connectivity index (χ4n) is 0. The molecule has 0 saturated heterocycles. The quantitative estimate of drug-likeness (QED) is 0.667. The first-order chi connectivity index (χ1) is 1.41. The Hall–Kier alpha value is 1.16. The Morgan fingerprint density at radius 3 is 0.833 bits per heavy atom. The Balaban J connectivity index is -0.00000000667. The van der Waals surface area contributed by atoms with Gasteiger partial charge in [0.2, 0.25) is 0 Å². The third kappa shape index (κ3) is 66.5. The van der Waals surface area contributed by atoms with E-state index in [0.29, 0.717) is 0 Å². The van der Waals surface area contributed by atoms with Crippen molar-refractivity contribution in [1.82, 2.24) is 0 Å². The molecule has 0 aliphatic rings. The SMILES string of the molecule is Cl.Cl.Cl.[O]=[W]=[O]. The van der Waals surface area contributed by atoms with Gasteiger partial charge in [-0.3, -0.25) is 0 Å². The van der Waals surface area contributed by atoms with Crippen LogP contribution in [0.25, 0.3) is 0 Å². The molecule has 42 valence electrons. The van der Waals surface area contributed by atoms with Crippen LogP contribution in [-0.2, 0) is 25.3 Å². The molecule has 0 aromatic carbocycles. The molecule has 0 spiro atoms. The van der Waals surface area contributed by atoms with Gasteiger partial charge in [-0.1, -0.05) is 0 Å². The average Bonchev–Trinajstić information content (AvgIpc) is 0.918. The van der Waals surface area contributed by atoms with Crippen molar-refractivity contribution < 1.29 is 25.3 Å². The van der Waals surface area contributed by atoms with Crippen LogP contribution in [0.5, 0.6) is 0 Å². The van der Waals surface area contributed by atoms with Crippen molar-refractivity contribution >= 4 is 37.2 Å². The van der Waals surface area contributed by atoms with Crippen molar-refractivity contribution in [1.29, 1.82) is 0 Å². The third-order valence-electron chi connectivity index (χ3n) is 0. The second-order valence-electron chi connectivity index (χ2n) is 0.0680. The monoisotopic (exact) mass is 324 g/mol. The maximum absolute atomic E-state index is 8.54. The van der Waals surface area contributed by atoms with Gasteiger partial charge >= 0.3 is 25.3 Å². The number of hydrogen-bond donors (Lipinski definition) is 0. The molecule has 0 rings (SSSR count). The molecular formula is H3Cl3O2W. The van der Waals surface area contributed by atoms with E-state index < -0.39 is 18.5 Å². The van der Waals surface area contributed by atoms with E-state index in [4.69, 9.17) is 6.80 Å². The standard InChI is InChI=1S/3ClH.2O.W/h3*1H;;;. The van der Waals surface area contributed by atoms with Crippen LogP contribution in [0.3, 0.4) is 0 Å². The molecule has 0 heterocycles. The van der Waals surface area contributed by atoms with Crippen LogP contribution in [0.1, 0.15) is 0 Å². The predicted molar refractivity (Wildman–Crippen MR) is 23.1 cm³/mol. The molecule has 0 aromatic rings. The predicted octanol–water partition coefficient (Wildman–Crippen LogP) is 1.03. The Bertz CT molecular complexity index is 29.8. The summed E-state index contributed by atoms with van der Waals surface area (Å²) in [6.07, 6.45) is 0. The van der Waals surface area contributed by atoms with Crippen molar-refractivity contribution in [2.75, 3.05) is 0 Å². The van der Waals surface area contributed by atoms with Gasteiger partial charge in [-0.25, -0.2) is 0 Å². The average molecular weight is 325 g/mol. The Kier molecular flexibility index (Phi) is 160. The zero-order valence-electron chi connectivity index (χ0n) is 2.45. The van der Waals surface area contributed by atoms with E-state index in [1.165, 1.54) is 0 Å². The topological polar surface area (TPSA) is 34.1 Å². The van der Waals surface area contributed by atoms with Gasteiger partial charge in [0, 0.05) is 0 Å². The molecule has 0 aromatic heterocycles. The van der Waals surface area contributed by atoms with Crippen LogP contribution in [0.4, 0.5) is 0 Å². The van der Waals surface area contributed by atoms with E-state index in [-0.39, 0.29) is 37.2 Å². The van der Waals surface area contributed by atoms with E-state index in [0.717, 1.165) is 0 Å². The zero-order valence-corrected chi connectivity index (χ0v) is 7.83. The summed E-state index contributed by atoms with van der Waals surface area (Å²) in [4.78, 5) is 0. The van der Waals surface area contributed by atoms with Crippen LogP contribution in [0.2, 0.25) is 0 Å².